The Bertz CT molecular complexity index is 566. The molecule has 0 aliphatic rings. The lowest BCUT2D eigenvalue weighted by molar-refractivity contribution is 0.533. The van der Waals surface area contributed by atoms with Crippen molar-refractivity contribution in [1.29, 1.82) is 0 Å². The summed E-state index contributed by atoms with van der Waals surface area (Å²) in [6.07, 6.45) is 0. The highest BCUT2D eigenvalue weighted by atomic mass is 35.5. The molecule has 2 rings (SSSR count). The molecular weight excluding hydrogens is 263 g/mol. The summed E-state index contributed by atoms with van der Waals surface area (Å²) in [5.74, 6) is -2.40. The van der Waals surface area contributed by atoms with E-state index in [9.17, 15) is 13.2 Å². The molecule has 1 unspecified atom stereocenters. The van der Waals surface area contributed by atoms with Gasteiger partial charge in [-0.3, -0.25) is 0 Å². The summed E-state index contributed by atoms with van der Waals surface area (Å²) < 4.78 is 40.8. The maximum absolute atomic E-state index is 13.7. The fourth-order valence-electron chi connectivity index (χ4n) is 1.72. The van der Waals surface area contributed by atoms with Gasteiger partial charge in [0.15, 0.2) is 0 Å². The second kappa shape index (κ2) is 5.00. The van der Waals surface area contributed by atoms with E-state index in [0.29, 0.717) is 0 Å². The molecule has 2 aromatic rings. The lowest BCUT2D eigenvalue weighted by Gasteiger charge is -2.15. The first-order valence-corrected chi connectivity index (χ1v) is 5.53. The number of nitrogens with two attached hydrogens (primary N) is 1. The number of hydrogen-bond acceptors (Lipinski definition) is 1. The predicted octanol–water partition coefficient (Wildman–Crippen LogP) is 3.81. The van der Waals surface area contributed by atoms with Crippen LogP contribution >= 0.6 is 11.6 Å². The predicted molar refractivity (Wildman–Crippen MR) is 63.8 cm³/mol. The Kier molecular flexibility index (Phi) is 3.59. The van der Waals surface area contributed by atoms with Gasteiger partial charge >= 0.3 is 0 Å². The van der Waals surface area contributed by atoms with Gasteiger partial charge in [-0.05, 0) is 18.2 Å². The minimum atomic E-state index is -1.25. The Morgan fingerprint density at radius 2 is 1.50 bits per heavy atom. The molecule has 0 heterocycles. The van der Waals surface area contributed by atoms with Gasteiger partial charge in [-0.2, -0.15) is 0 Å². The fraction of sp³-hybridized carbons (Fsp3) is 0.0769. The smallest absolute Gasteiger partial charge is 0.146 e. The van der Waals surface area contributed by atoms with Gasteiger partial charge < -0.3 is 5.73 Å². The molecule has 0 fully saturated rings. The lowest BCUT2D eigenvalue weighted by atomic mass is 9.98. The third-order valence-corrected chi connectivity index (χ3v) is 2.92. The third kappa shape index (κ3) is 2.21. The summed E-state index contributed by atoms with van der Waals surface area (Å²) in [7, 11) is 0. The second-order valence-electron chi connectivity index (χ2n) is 3.76. The molecule has 1 atom stereocenters. The Morgan fingerprint density at radius 3 is 2.11 bits per heavy atom. The molecule has 0 aromatic heterocycles. The van der Waals surface area contributed by atoms with Crippen LogP contribution in [0.1, 0.15) is 17.2 Å². The minimum absolute atomic E-state index is 0.0495. The van der Waals surface area contributed by atoms with Crippen LogP contribution in [-0.2, 0) is 0 Å². The average Bonchev–Trinajstić information content (AvgIpc) is 2.32. The number of benzene rings is 2. The molecule has 18 heavy (non-hydrogen) atoms. The Morgan fingerprint density at radius 1 is 0.944 bits per heavy atom. The van der Waals surface area contributed by atoms with E-state index in [0.717, 1.165) is 12.1 Å². The van der Waals surface area contributed by atoms with Crippen LogP contribution in [0.15, 0.2) is 36.4 Å². The van der Waals surface area contributed by atoms with Crippen molar-refractivity contribution in [3.8, 4) is 0 Å². The normalized spacial score (nSPS) is 12.5. The number of rotatable bonds is 2. The highest BCUT2D eigenvalue weighted by Gasteiger charge is 2.21. The Balaban J connectivity index is 2.55. The van der Waals surface area contributed by atoms with E-state index in [1.54, 1.807) is 0 Å². The summed E-state index contributed by atoms with van der Waals surface area (Å²) >= 11 is 5.61. The van der Waals surface area contributed by atoms with Gasteiger partial charge in [0.25, 0.3) is 0 Å². The molecule has 0 saturated heterocycles. The molecule has 0 aliphatic carbocycles. The van der Waals surface area contributed by atoms with Gasteiger partial charge in [0.1, 0.15) is 17.5 Å². The standard InChI is InChI=1S/C13H9ClF3N/c14-8-4-1-3-7(12(8)17)13(18)11-9(15)5-2-6-10(11)16/h1-6,13H,18H2. The Hall–Kier alpha value is -1.52. The minimum Gasteiger partial charge on any atom is -0.320 e. The van der Waals surface area contributed by atoms with E-state index < -0.39 is 23.5 Å². The van der Waals surface area contributed by atoms with Crippen molar-refractivity contribution in [2.24, 2.45) is 5.73 Å². The van der Waals surface area contributed by atoms with E-state index in [2.05, 4.69) is 0 Å². The summed E-state index contributed by atoms with van der Waals surface area (Å²) in [6.45, 7) is 0. The number of hydrogen-bond donors (Lipinski definition) is 1. The van der Waals surface area contributed by atoms with Crippen molar-refractivity contribution in [3.63, 3.8) is 0 Å². The van der Waals surface area contributed by atoms with Crippen LogP contribution < -0.4 is 5.73 Å². The average molecular weight is 272 g/mol. The molecule has 2 aromatic carbocycles. The van der Waals surface area contributed by atoms with E-state index in [1.807, 2.05) is 0 Å². The van der Waals surface area contributed by atoms with Crippen LogP contribution in [0.5, 0.6) is 0 Å². The zero-order chi connectivity index (χ0) is 13.3. The van der Waals surface area contributed by atoms with Crippen LogP contribution in [0, 0.1) is 17.5 Å². The van der Waals surface area contributed by atoms with Crippen molar-refractivity contribution in [2.75, 3.05) is 0 Å². The van der Waals surface area contributed by atoms with Crippen LogP contribution in [-0.4, -0.2) is 0 Å². The lowest BCUT2D eigenvalue weighted by Crippen LogP contribution is -2.17. The number of halogens is 4. The first-order valence-electron chi connectivity index (χ1n) is 5.15. The zero-order valence-corrected chi connectivity index (χ0v) is 9.89. The molecule has 0 radical (unpaired) electrons. The second-order valence-corrected chi connectivity index (χ2v) is 4.16. The molecule has 0 aliphatic heterocycles. The van der Waals surface area contributed by atoms with E-state index in [-0.39, 0.29) is 16.1 Å². The van der Waals surface area contributed by atoms with E-state index in [1.165, 1.54) is 24.3 Å². The Labute approximate surface area is 107 Å². The van der Waals surface area contributed by atoms with Gasteiger partial charge in [-0.1, -0.05) is 29.8 Å². The topological polar surface area (TPSA) is 26.0 Å². The molecule has 0 spiro atoms. The van der Waals surface area contributed by atoms with Crippen LogP contribution in [0.4, 0.5) is 13.2 Å². The maximum Gasteiger partial charge on any atom is 0.146 e. The van der Waals surface area contributed by atoms with Crippen molar-refractivity contribution in [2.45, 2.75) is 6.04 Å². The molecule has 2 N–H and O–H groups in total. The van der Waals surface area contributed by atoms with Gasteiger partial charge in [-0.15, -0.1) is 0 Å². The summed E-state index contributed by atoms with van der Waals surface area (Å²) in [5.41, 5.74) is 5.28. The third-order valence-electron chi connectivity index (χ3n) is 2.63. The zero-order valence-electron chi connectivity index (χ0n) is 9.13. The highest BCUT2D eigenvalue weighted by molar-refractivity contribution is 6.30. The first kappa shape index (κ1) is 12.9. The SMILES string of the molecule is NC(c1cccc(Cl)c1F)c1c(F)cccc1F. The summed E-state index contributed by atoms with van der Waals surface area (Å²) in [4.78, 5) is 0. The summed E-state index contributed by atoms with van der Waals surface area (Å²) in [6, 6.07) is 6.27. The molecule has 1 nitrogen and oxygen atoms in total. The quantitative estimate of drug-likeness (QED) is 0.883. The molecule has 5 heteroatoms. The van der Waals surface area contributed by atoms with Crippen molar-refractivity contribution in [1.82, 2.24) is 0 Å². The van der Waals surface area contributed by atoms with Gasteiger partial charge in [-0.25, -0.2) is 13.2 Å². The largest absolute Gasteiger partial charge is 0.320 e. The highest BCUT2D eigenvalue weighted by Crippen LogP contribution is 2.29. The molecule has 94 valence electrons. The molecule has 0 bridgehead atoms. The van der Waals surface area contributed by atoms with Crippen molar-refractivity contribution in [3.05, 3.63) is 70.0 Å². The summed E-state index contributed by atoms with van der Waals surface area (Å²) in [5, 5.41) is -0.139. The first-order chi connectivity index (χ1) is 8.52. The molecule has 0 amide bonds. The molecule has 0 saturated carbocycles. The van der Waals surface area contributed by atoms with Crippen molar-refractivity contribution < 1.29 is 13.2 Å². The fourth-order valence-corrected chi connectivity index (χ4v) is 1.91. The monoisotopic (exact) mass is 271 g/mol. The molecular formula is C13H9ClF3N. The van der Waals surface area contributed by atoms with Crippen LogP contribution in [0.2, 0.25) is 5.02 Å². The van der Waals surface area contributed by atoms with Crippen LogP contribution in [0.3, 0.4) is 0 Å². The van der Waals surface area contributed by atoms with Crippen molar-refractivity contribution >= 4 is 11.6 Å². The maximum atomic E-state index is 13.7. The van der Waals surface area contributed by atoms with Gasteiger partial charge in [0.05, 0.1) is 11.1 Å². The van der Waals surface area contributed by atoms with E-state index >= 15 is 0 Å². The van der Waals surface area contributed by atoms with Crippen LogP contribution in [0.25, 0.3) is 0 Å². The van der Waals surface area contributed by atoms with Gasteiger partial charge in [0, 0.05) is 11.1 Å². The van der Waals surface area contributed by atoms with E-state index in [4.69, 9.17) is 17.3 Å². The van der Waals surface area contributed by atoms with Gasteiger partial charge in [0.2, 0.25) is 0 Å².